The van der Waals surface area contributed by atoms with Gasteiger partial charge in [-0.25, -0.2) is 4.98 Å². The molecule has 2 aromatic heterocycles. The number of nitrogens with one attached hydrogen (secondary N) is 1. The standard InChI is InChI=1S/C17H16ClN3S2/c1-2-4-14(16-5-3-10-22-16)20-21-17-19-15(11-23-17)12-6-8-13(18)9-7-12/h3,5-11H,2,4H2,1H3,(H,19,21)/b20-14-. The van der Waals surface area contributed by atoms with E-state index in [0.29, 0.717) is 0 Å². The molecule has 23 heavy (non-hydrogen) atoms. The summed E-state index contributed by atoms with van der Waals surface area (Å²) in [6, 6.07) is 11.8. The summed E-state index contributed by atoms with van der Waals surface area (Å²) in [5, 5.41) is 10.2. The van der Waals surface area contributed by atoms with E-state index in [1.165, 1.54) is 4.88 Å². The van der Waals surface area contributed by atoms with Gasteiger partial charge in [0.1, 0.15) is 0 Å². The lowest BCUT2D eigenvalue weighted by atomic mass is 10.2. The normalized spacial score (nSPS) is 11.7. The monoisotopic (exact) mass is 361 g/mol. The molecule has 1 aromatic carbocycles. The van der Waals surface area contributed by atoms with Crippen molar-refractivity contribution in [1.29, 1.82) is 0 Å². The van der Waals surface area contributed by atoms with Crippen LogP contribution in [0.3, 0.4) is 0 Å². The minimum atomic E-state index is 0.729. The fourth-order valence-corrected chi connectivity index (χ4v) is 3.64. The minimum absolute atomic E-state index is 0.729. The molecule has 1 N–H and O–H groups in total. The highest BCUT2D eigenvalue weighted by Crippen LogP contribution is 2.26. The van der Waals surface area contributed by atoms with E-state index in [-0.39, 0.29) is 0 Å². The average Bonchev–Trinajstić information content (AvgIpc) is 3.24. The second-order valence-electron chi connectivity index (χ2n) is 4.94. The summed E-state index contributed by atoms with van der Waals surface area (Å²) in [4.78, 5) is 5.79. The highest BCUT2D eigenvalue weighted by Gasteiger charge is 2.06. The van der Waals surface area contributed by atoms with Gasteiger partial charge in [-0.15, -0.1) is 22.7 Å². The first-order valence-electron chi connectivity index (χ1n) is 7.34. The van der Waals surface area contributed by atoms with Crippen molar-refractivity contribution >= 4 is 45.1 Å². The molecule has 0 atom stereocenters. The van der Waals surface area contributed by atoms with Crippen molar-refractivity contribution in [2.45, 2.75) is 19.8 Å². The van der Waals surface area contributed by atoms with Crippen molar-refractivity contribution in [1.82, 2.24) is 4.98 Å². The molecule has 0 unspecified atom stereocenters. The lowest BCUT2D eigenvalue weighted by molar-refractivity contribution is 0.989. The number of anilines is 1. The molecule has 0 aliphatic carbocycles. The van der Waals surface area contributed by atoms with E-state index in [1.807, 2.05) is 35.7 Å². The van der Waals surface area contributed by atoms with Crippen LogP contribution < -0.4 is 5.43 Å². The Morgan fingerprint density at radius 1 is 1.22 bits per heavy atom. The third kappa shape index (κ3) is 4.19. The minimum Gasteiger partial charge on any atom is -0.252 e. The SMILES string of the molecule is CCC/C(=N/Nc1nc(-c2ccc(Cl)cc2)cs1)c1cccs1. The van der Waals surface area contributed by atoms with Gasteiger partial charge in [-0.05, 0) is 30.0 Å². The molecular formula is C17H16ClN3S2. The number of rotatable bonds is 6. The Kier molecular flexibility index (Phi) is 5.43. The number of hydrazone groups is 1. The van der Waals surface area contributed by atoms with Crippen LogP contribution in [0.15, 0.2) is 52.3 Å². The molecule has 0 amide bonds. The van der Waals surface area contributed by atoms with Gasteiger partial charge in [-0.3, -0.25) is 5.43 Å². The van der Waals surface area contributed by atoms with Crippen molar-refractivity contribution in [3.8, 4) is 11.3 Å². The van der Waals surface area contributed by atoms with Crippen LogP contribution in [0.1, 0.15) is 24.6 Å². The van der Waals surface area contributed by atoms with Gasteiger partial charge < -0.3 is 0 Å². The van der Waals surface area contributed by atoms with Crippen molar-refractivity contribution in [2.24, 2.45) is 5.10 Å². The molecule has 3 aromatic rings. The van der Waals surface area contributed by atoms with Crippen LogP contribution in [-0.2, 0) is 0 Å². The van der Waals surface area contributed by atoms with E-state index in [2.05, 4.69) is 33.9 Å². The van der Waals surface area contributed by atoms with Crippen LogP contribution >= 0.6 is 34.3 Å². The van der Waals surface area contributed by atoms with E-state index in [4.69, 9.17) is 11.6 Å². The van der Waals surface area contributed by atoms with E-state index in [1.54, 1.807) is 22.7 Å². The lowest BCUT2D eigenvalue weighted by Gasteiger charge is -2.02. The lowest BCUT2D eigenvalue weighted by Crippen LogP contribution is -2.02. The second kappa shape index (κ2) is 7.73. The third-order valence-electron chi connectivity index (χ3n) is 3.22. The molecule has 0 aliphatic heterocycles. The number of thiazole rings is 1. The maximum absolute atomic E-state index is 5.92. The zero-order chi connectivity index (χ0) is 16.1. The molecule has 3 nitrogen and oxygen atoms in total. The summed E-state index contributed by atoms with van der Waals surface area (Å²) < 4.78 is 0. The summed E-state index contributed by atoms with van der Waals surface area (Å²) in [6.45, 7) is 2.16. The van der Waals surface area contributed by atoms with Gasteiger partial charge >= 0.3 is 0 Å². The van der Waals surface area contributed by atoms with Gasteiger partial charge in [0.2, 0.25) is 5.13 Å². The maximum Gasteiger partial charge on any atom is 0.203 e. The quantitative estimate of drug-likeness (QED) is 0.422. The summed E-state index contributed by atoms with van der Waals surface area (Å²) in [5.41, 5.74) is 6.15. The first kappa shape index (κ1) is 16.2. The molecule has 0 spiro atoms. The molecule has 0 aliphatic rings. The van der Waals surface area contributed by atoms with Crippen LogP contribution in [0.4, 0.5) is 5.13 Å². The molecule has 118 valence electrons. The summed E-state index contributed by atoms with van der Waals surface area (Å²) in [5.74, 6) is 0. The van der Waals surface area contributed by atoms with Gasteiger partial charge in [-0.2, -0.15) is 5.10 Å². The Morgan fingerprint density at radius 2 is 2.04 bits per heavy atom. The first-order valence-corrected chi connectivity index (χ1v) is 9.48. The number of halogens is 1. The zero-order valence-corrected chi connectivity index (χ0v) is 15.0. The Hall–Kier alpha value is -1.69. The van der Waals surface area contributed by atoms with Gasteiger partial charge in [0.15, 0.2) is 0 Å². The smallest absolute Gasteiger partial charge is 0.203 e. The van der Waals surface area contributed by atoms with Crippen LogP contribution in [-0.4, -0.2) is 10.7 Å². The summed E-state index contributed by atoms with van der Waals surface area (Å²) >= 11 is 9.18. The molecular weight excluding hydrogens is 346 g/mol. The van der Waals surface area contributed by atoms with Crippen molar-refractivity contribution in [3.05, 3.63) is 57.1 Å². The predicted octanol–water partition coefficient (Wildman–Crippen LogP) is 6.14. The highest BCUT2D eigenvalue weighted by molar-refractivity contribution is 7.14. The molecule has 0 radical (unpaired) electrons. The largest absolute Gasteiger partial charge is 0.252 e. The fourth-order valence-electron chi connectivity index (χ4n) is 2.11. The Labute approximate surface area is 148 Å². The molecule has 2 heterocycles. The van der Waals surface area contributed by atoms with Crippen molar-refractivity contribution in [3.63, 3.8) is 0 Å². The Morgan fingerprint density at radius 3 is 2.74 bits per heavy atom. The van der Waals surface area contributed by atoms with E-state index in [0.717, 1.165) is 40.0 Å². The molecule has 6 heteroatoms. The van der Waals surface area contributed by atoms with Gasteiger partial charge in [0.25, 0.3) is 0 Å². The van der Waals surface area contributed by atoms with Crippen LogP contribution in [0.25, 0.3) is 11.3 Å². The third-order valence-corrected chi connectivity index (χ3v) is 5.14. The van der Waals surface area contributed by atoms with Gasteiger partial charge in [-0.1, -0.05) is 43.1 Å². The number of hydrogen-bond acceptors (Lipinski definition) is 5. The maximum atomic E-state index is 5.92. The number of aromatic nitrogens is 1. The first-order chi connectivity index (χ1) is 11.3. The van der Waals surface area contributed by atoms with Crippen LogP contribution in [0, 0.1) is 0 Å². The van der Waals surface area contributed by atoms with Gasteiger partial charge in [0.05, 0.1) is 16.3 Å². The van der Waals surface area contributed by atoms with Crippen LogP contribution in [0.5, 0.6) is 0 Å². The molecule has 0 bridgehead atoms. The Bertz CT molecular complexity index is 777. The van der Waals surface area contributed by atoms with E-state index in [9.17, 15) is 0 Å². The topological polar surface area (TPSA) is 37.3 Å². The van der Waals surface area contributed by atoms with Crippen LogP contribution in [0.2, 0.25) is 5.02 Å². The number of benzene rings is 1. The molecule has 0 saturated heterocycles. The van der Waals surface area contributed by atoms with Crippen molar-refractivity contribution in [2.75, 3.05) is 5.43 Å². The molecule has 3 rings (SSSR count). The van der Waals surface area contributed by atoms with E-state index >= 15 is 0 Å². The summed E-state index contributed by atoms with van der Waals surface area (Å²) in [6.07, 6.45) is 2.01. The highest BCUT2D eigenvalue weighted by atomic mass is 35.5. The molecule has 0 saturated carbocycles. The zero-order valence-electron chi connectivity index (χ0n) is 12.6. The van der Waals surface area contributed by atoms with E-state index < -0.39 is 0 Å². The Balaban J connectivity index is 1.75. The fraction of sp³-hybridized carbons (Fsp3) is 0.176. The number of nitrogens with zero attached hydrogens (tertiary/aromatic N) is 2. The molecule has 0 fully saturated rings. The van der Waals surface area contributed by atoms with Crippen molar-refractivity contribution < 1.29 is 0 Å². The number of hydrogen-bond donors (Lipinski definition) is 1. The van der Waals surface area contributed by atoms with Gasteiger partial charge in [0, 0.05) is 16.0 Å². The second-order valence-corrected chi connectivity index (χ2v) is 7.18. The predicted molar refractivity (Wildman–Crippen MR) is 102 cm³/mol. The summed E-state index contributed by atoms with van der Waals surface area (Å²) in [7, 11) is 0. The average molecular weight is 362 g/mol. The number of thiophene rings is 1.